The van der Waals surface area contributed by atoms with Crippen LogP contribution in [0.25, 0.3) is 0 Å². The minimum absolute atomic E-state index is 0.0250. The Bertz CT molecular complexity index is 446. The zero-order valence-corrected chi connectivity index (χ0v) is 11.5. The van der Waals surface area contributed by atoms with Crippen LogP contribution in [-0.2, 0) is 4.79 Å². The van der Waals surface area contributed by atoms with Crippen molar-refractivity contribution in [3.63, 3.8) is 0 Å². The van der Waals surface area contributed by atoms with Crippen molar-refractivity contribution in [2.45, 2.75) is 13.8 Å². The Hall–Kier alpha value is -2.11. The smallest absolute Gasteiger partial charge is 0.251 e. The van der Waals surface area contributed by atoms with Gasteiger partial charge in [-0.3, -0.25) is 9.59 Å². The minimum Gasteiger partial charge on any atom is -0.373 e. The molecule has 0 radical (unpaired) electrons. The molecule has 6 nitrogen and oxygen atoms in total. The van der Waals surface area contributed by atoms with Crippen molar-refractivity contribution in [2.75, 3.05) is 25.5 Å². The molecule has 104 valence electrons. The predicted octanol–water partition coefficient (Wildman–Crippen LogP) is 0.625. The average Bonchev–Trinajstić information content (AvgIpc) is 2.42. The first-order chi connectivity index (χ1) is 9.02. The molecule has 0 bridgehead atoms. The van der Waals surface area contributed by atoms with E-state index in [1.54, 1.807) is 25.4 Å². The molecular weight excluding hydrogens is 244 g/mol. The van der Waals surface area contributed by atoms with Crippen LogP contribution in [0.5, 0.6) is 0 Å². The van der Waals surface area contributed by atoms with E-state index in [0.29, 0.717) is 23.8 Å². The molecule has 1 heterocycles. The van der Waals surface area contributed by atoms with E-state index in [4.69, 9.17) is 0 Å². The number of hydrogen-bond acceptors (Lipinski definition) is 4. The second-order valence-corrected chi connectivity index (χ2v) is 4.56. The number of nitrogens with one attached hydrogen (secondary N) is 3. The summed E-state index contributed by atoms with van der Waals surface area (Å²) in [6.07, 6.45) is 1.54. The number of hydrogen-bond donors (Lipinski definition) is 3. The standard InChI is InChI=1S/C13H20N4O2/c1-9(2)7-16-12(18)8-17-13(19)10-4-5-15-11(6-10)14-3/h4-6,9H,7-8H2,1-3H3,(H,14,15)(H,16,18)(H,17,19). The van der Waals surface area contributed by atoms with Crippen molar-refractivity contribution < 1.29 is 9.59 Å². The van der Waals surface area contributed by atoms with Gasteiger partial charge in [-0.05, 0) is 18.1 Å². The van der Waals surface area contributed by atoms with Crippen molar-refractivity contribution in [1.82, 2.24) is 15.6 Å². The molecule has 0 saturated heterocycles. The quantitative estimate of drug-likeness (QED) is 0.703. The highest BCUT2D eigenvalue weighted by Gasteiger charge is 2.08. The Kier molecular flexibility index (Phi) is 5.78. The molecule has 6 heteroatoms. The molecule has 0 aliphatic rings. The molecule has 0 spiro atoms. The molecule has 1 rings (SSSR count). The highest BCUT2D eigenvalue weighted by atomic mass is 16.2. The van der Waals surface area contributed by atoms with Crippen molar-refractivity contribution in [2.24, 2.45) is 5.92 Å². The summed E-state index contributed by atoms with van der Waals surface area (Å²) in [4.78, 5) is 27.3. The van der Waals surface area contributed by atoms with Gasteiger partial charge in [0.15, 0.2) is 0 Å². The first kappa shape index (κ1) is 14.9. The molecule has 0 aliphatic heterocycles. The van der Waals surface area contributed by atoms with E-state index in [9.17, 15) is 9.59 Å². The first-order valence-electron chi connectivity index (χ1n) is 6.21. The summed E-state index contributed by atoms with van der Waals surface area (Å²) in [5.74, 6) is 0.512. The Morgan fingerprint density at radius 2 is 2.05 bits per heavy atom. The van der Waals surface area contributed by atoms with Crippen LogP contribution in [0.3, 0.4) is 0 Å². The molecule has 2 amide bonds. The van der Waals surface area contributed by atoms with E-state index in [1.807, 2.05) is 13.8 Å². The number of carbonyl (C=O) groups excluding carboxylic acids is 2. The third-order valence-electron chi connectivity index (χ3n) is 2.40. The summed E-state index contributed by atoms with van der Waals surface area (Å²) in [6.45, 7) is 4.60. The zero-order valence-electron chi connectivity index (χ0n) is 11.5. The van der Waals surface area contributed by atoms with Crippen LogP contribution in [0.15, 0.2) is 18.3 Å². The van der Waals surface area contributed by atoms with Gasteiger partial charge in [0.2, 0.25) is 5.91 Å². The lowest BCUT2D eigenvalue weighted by Crippen LogP contribution is -2.38. The zero-order chi connectivity index (χ0) is 14.3. The molecule has 1 aromatic rings. The summed E-state index contributed by atoms with van der Waals surface area (Å²) in [7, 11) is 1.73. The fourth-order valence-electron chi connectivity index (χ4n) is 1.35. The highest BCUT2D eigenvalue weighted by Crippen LogP contribution is 2.05. The molecule has 0 saturated carbocycles. The van der Waals surface area contributed by atoms with Crippen molar-refractivity contribution in [3.8, 4) is 0 Å². The number of anilines is 1. The van der Waals surface area contributed by atoms with Gasteiger partial charge in [0.25, 0.3) is 5.91 Å². The van der Waals surface area contributed by atoms with Crippen LogP contribution in [0, 0.1) is 5.92 Å². The van der Waals surface area contributed by atoms with Crippen LogP contribution >= 0.6 is 0 Å². The van der Waals surface area contributed by atoms with Crippen molar-refractivity contribution >= 4 is 17.6 Å². The number of amides is 2. The van der Waals surface area contributed by atoms with Crippen LogP contribution in [0.1, 0.15) is 24.2 Å². The number of pyridine rings is 1. The predicted molar refractivity (Wildman–Crippen MR) is 74.0 cm³/mol. The number of rotatable bonds is 6. The maximum absolute atomic E-state index is 11.8. The summed E-state index contributed by atoms with van der Waals surface area (Å²) < 4.78 is 0. The molecule has 0 fully saturated rings. The Morgan fingerprint density at radius 1 is 1.32 bits per heavy atom. The first-order valence-corrected chi connectivity index (χ1v) is 6.21. The molecule has 0 aromatic carbocycles. The topological polar surface area (TPSA) is 83.1 Å². The Morgan fingerprint density at radius 3 is 2.68 bits per heavy atom. The number of nitrogens with zero attached hydrogens (tertiary/aromatic N) is 1. The maximum atomic E-state index is 11.8. The molecule has 0 atom stereocenters. The molecule has 19 heavy (non-hydrogen) atoms. The lowest BCUT2D eigenvalue weighted by molar-refractivity contribution is -0.120. The van der Waals surface area contributed by atoms with Gasteiger partial charge in [0, 0.05) is 25.4 Å². The molecule has 1 aromatic heterocycles. The number of carbonyl (C=O) groups is 2. The maximum Gasteiger partial charge on any atom is 0.251 e. The minimum atomic E-state index is -0.293. The third kappa shape index (κ3) is 5.37. The van der Waals surface area contributed by atoms with Crippen LogP contribution in [-0.4, -0.2) is 36.9 Å². The van der Waals surface area contributed by atoms with Gasteiger partial charge in [-0.25, -0.2) is 4.98 Å². The molecule has 0 aliphatic carbocycles. The average molecular weight is 264 g/mol. The van der Waals surface area contributed by atoms with Gasteiger partial charge in [-0.15, -0.1) is 0 Å². The van der Waals surface area contributed by atoms with Gasteiger partial charge >= 0.3 is 0 Å². The molecular formula is C13H20N4O2. The van der Waals surface area contributed by atoms with Crippen molar-refractivity contribution in [1.29, 1.82) is 0 Å². The second kappa shape index (κ2) is 7.35. The van der Waals surface area contributed by atoms with E-state index in [1.165, 1.54) is 0 Å². The van der Waals surface area contributed by atoms with Gasteiger partial charge in [-0.1, -0.05) is 13.8 Å². The van der Waals surface area contributed by atoms with E-state index < -0.39 is 0 Å². The summed E-state index contributed by atoms with van der Waals surface area (Å²) >= 11 is 0. The monoisotopic (exact) mass is 264 g/mol. The lowest BCUT2D eigenvalue weighted by Gasteiger charge is -2.09. The van der Waals surface area contributed by atoms with Gasteiger partial charge in [0.05, 0.1) is 6.54 Å². The SMILES string of the molecule is CNc1cc(C(=O)NCC(=O)NCC(C)C)ccn1. The van der Waals surface area contributed by atoms with Crippen LogP contribution < -0.4 is 16.0 Å². The second-order valence-electron chi connectivity index (χ2n) is 4.56. The Labute approximate surface area is 113 Å². The van der Waals surface area contributed by atoms with Gasteiger partial charge in [-0.2, -0.15) is 0 Å². The van der Waals surface area contributed by atoms with Crippen molar-refractivity contribution in [3.05, 3.63) is 23.9 Å². The third-order valence-corrected chi connectivity index (χ3v) is 2.40. The largest absolute Gasteiger partial charge is 0.373 e. The fraction of sp³-hybridized carbons (Fsp3) is 0.462. The van der Waals surface area contributed by atoms with E-state index >= 15 is 0 Å². The Balaban J connectivity index is 2.44. The van der Waals surface area contributed by atoms with Crippen LogP contribution in [0.4, 0.5) is 5.82 Å². The van der Waals surface area contributed by atoms with Gasteiger partial charge < -0.3 is 16.0 Å². The highest BCUT2D eigenvalue weighted by molar-refractivity contribution is 5.96. The molecule has 3 N–H and O–H groups in total. The summed E-state index contributed by atoms with van der Waals surface area (Å²) in [6, 6.07) is 3.23. The molecule has 0 unspecified atom stereocenters. The summed E-state index contributed by atoms with van der Waals surface area (Å²) in [5, 5.41) is 8.15. The van der Waals surface area contributed by atoms with E-state index in [0.717, 1.165) is 0 Å². The normalized spacial score (nSPS) is 10.1. The lowest BCUT2D eigenvalue weighted by atomic mass is 10.2. The fourth-order valence-corrected chi connectivity index (χ4v) is 1.35. The summed E-state index contributed by atoms with van der Waals surface area (Å²) in [5.41, 5.74) is 0.469. The van der Waals surface area contributed by atoms with Gasteiger partial charge in [0.1, 0.15) is 5.82 Å². The van der Waals surface area contributed by atoms with E-state index in [2.05, 4.69) is 20.9 Å². The number of aromatic nitrogens is 1. The van der Waals surface area contributed by atoms with E-state index in [-0.39, 0.29) is 18.4 Å². The van der Waals surface area contributed by atoms with Crippen LogP contribution in [0.2, 0.25) is 0 Å².